The van der Waals surface area contributed by atoms with Crippen LogP contribution in [0.3, 0.4) is 0 Å². The lowest BCUT2D eigenvalue weighted by Crippen LogP contribution is -2.39. The minimum absolute atomic E-state index is 0.303. The standard InChI is InChI=1S/C10H16N2O4/c11-8(13)5-16-12-10(14)9-7-3-1-2-6(7)4-15-9/h6-7,9H,1-5H2,(H2,11,13)(H,12,14). The maximum absolute atomic E-state index is 11.7. The van der Waals surface area contributed by atoms with Gasteiger partial charge in [-0.3, -0.25) is 14.4 Å². The van der Waals surface area contributed by atoms with Gasteiger partial charge < -0.3 is 10.5 Å². The van der Waals surface area contributed by atoms with Crippen molar-refractivity contribution in [3.63, 3.8) is 0 Å². The molecule has 16 heavy (non-hydrogen) atoms. The number of fused-ring (bicyclic) bond motifs is 1. The van der Waals surface area contributed by atoms with E-state index in [0.29, 0.717) is 18.4 Å². The second-order valence-corrected chi connectivity index (χ2v) is 4.33. The van der Waals surface area contributed by atoms with E-state index in [0.717, 1.165) is 19.3 Å². The third-order valence-electron chi connectivity index (χ3n) is 3.24. The van der Waals surface area contributed by atoms with E-state index in [9.17, 15) is 9.59 Å². The molecule has 2 aliphatic rings. The van der Waals surface area contributed by atoms with Crippen molar-refractivity contribution >= 4 is 11.8 Å². The molecule has 0 aromatic rings. The Hall–Kier alpha value is -1.14. The van der Waals surface area contributed by atoms with Crippen molar-refractivity contribution in [2.24, 2.45) is 17.6 Å². The molecule has 1 heterocycles. The molecule has 3 atom stereocenters. The van der Waals surface area contributed by atoms with E-state index in [4.69, 9.17) is 10.5 Å². The quantitative estimate of drug-likeness (QED) is 0.625. The Balaban J connectivity index is 1.79. The molecular weight excluding hydrogens is 212 g/mol. The second kappa shape index (κ2) is 4.80. The van der Waals surface area contributed by atoms with Gasteiger partial charge in [-0.2, -0.15) is 0 Å². The number of hydrogen-bond acceptors (Lipinski definition) is 4. The smallest absolute Gasteiger partial charge is 0.272 e. The van der Waals surface area contributed by atoms with E-state index >= 15 is 0 Å². The van der Waals surface area contributed by atoms with Crippen molar-refractivity contribution in [3.8, 4) is 0 Å². The number of nitrogens with one attached hydrogen (secondary N) is 1. The topological polar surface area (TPSA) is 90.7 Å². The molecular formula is C10H16N2O4. The summed E-state index contributed by atoms with van der Waals surface area (Å²) in [7, 11) is 0. The Kier molecular flexibility index (Phi) is 3.40. The molecule has 3 N–H and O–H groups in total. The van der Waals surface area contributed by atoms with Gasteiger partial charge in [0.2, 0.25) is 5.91 Å². The van der Waals surface area contributed by atoms with E-state index in [-0.39, 0.29) is 12.5 Å². The lowest BCUT2D eigenvalue weighted by molar-refractivity contribution is -0.147. The number of hydrogen-bond donors (Lipinski definition) is 2. The first-order valence-electron chi connectivity index (χ1n) is 5.50. The van der Waals surface area contributed by atoms with Gasteiger partial charge in [-0.1, -0.05) is 6.42 Å². The third-order valence-corrected chi connectivity index (χ3v) is 3.24. The van der Waals surface area contributed by atoms with Gasteiger partial charge in [-0.05, 0) is 24.7 Å². The zero-order chi connectivity index (χ0) is 11.5. The minimum Gasteiger partial charge on any atom is -0.368 e. The first kappa shape index (κ1) is 11.3. The molecule has 2 rings (SSSR count). The van der Waals surface area contributed by atoms with Crippen LogP contribution in [0.1, 0.15) is 19.3 Å². The predicted octanol–water partition coefficient (Wildman–Crippen LogP) is -0.665. The van der Waals surface area contributed by atoms with E-state index in [1.54, 1.807) is 0 Å². The molecule has 0 radical (unpaired) electrons. The highest BCUT2D eigenvalue weighted by Crippen LogP contribution is 2.40. The zero-order valence-electron chi connectivity index (χ0n) is 8.98. The molecule has 6 heteroatoms. The Morgan fingerprint density at radius 2 is 2.25 bits per heavy atom. The monoisotopic (exact) mass is 228 g/mol. The van der Waals surface area contributed by atoms with E-state index in [1.165, 1.54) is 0 Å². The zero-order valence-corrected chi connectivity index (χ0v) is 8.98. The molecule has 0 aromatic heterocycles. The van der Waals surface area contributed by atoms with Gasteiger partial charge in [-0.25, -0.2) is 5.48 Å². The van der Waals surface area contributed by atoms with Crippen LogP contribution in [-0.4, -0.2) is 31.1 Å². The first-order chi connectivity index (χ1) is 7.68. The van der Waals surface area contributed by atoms with Gasteiger partial charge in [0, 0.05) is 0 Å². The minimum atomic E-state index is -0.619. The van der Waals surface area contributed by atoms with Crippen LogP contribution < -0.4 is 11.2 Å². The molecule has 2 fully saturated rings. The van der Waals surface area contributed by atoms with Crippen molar-refractivity contribution in [1.82, 2.24) is 5.48 Å². The normalized spacial score (nSPS) is 32.4. The summed E-state index contributed by atoms with van der Waals surface area (Å²) in [5, 5.41) is 0. The molecule has 2 amide bonds. The first-order valence-corrected chi connectivity index (χ1v) is 5.50. The summed E-state index contributed by atoms with van der Waals surface area (Å²) in [4.78, 5) is 26.7. The van der Waals surface area contributed by atoms with Crippen LogP contribution in [-0.2, 0) is 19.2 Å². The van der Waals surface area contributed by atoms with Crippen LogP contribution in [0.5, 0.6) is 0 Å². The SMILES string of the molecule is NC(=O)CONC(=O)C1OCC2CCCC21. The van der Waals surface area contributed by atoms with Crippen LogP contribution in [0.2, 0.25) is 0 Å². The molecule has 6 nitrogen and oxygen atoms in total. The van der Waals surface area contributed by atoms with Crippen LogP contribution >= 0.6 is 0 Å². The van der Waals surface area contributed by atoms with Crippen molar-refractivity contribution in [1.29, 1.82) is 0 Å². The Bertz CT molecular complexity index is 295. The van der Waals surface area contributed by atoms with Gasteiger partial charge in [0.05, 0.1) is 6.61 Å². The fraction of sp³-hybridized carbons (Fsp3) is 0.800. The van der Waals surface area contributed by atoms with Crippen LogP contribution in [0.4, 0.5) is 0 Å². The summed E-state index contributed by atoms with van der Waals surface area (Å²) in [5.41, 5.74) is 7.07. The largest absolute Gasteiger partial charge is 0.368 e. The Morgan fingerprint density at radius 3 is 3.00 bits per heavy atom. The second-order valence-electron chi connectivity index (χ2n) is 4.33. The number of rotatable bonds is 4. The van der Waals surface area contributed by atoms with Crippen molar-refractivity contribution in [3.05, 3.63) is 0 Å². The number of amides is 2. The highest BCUT2D eigenvalue weighted by atomic mass is 16.7. The number of primary amides is 1. The highest BCUT2D eigenvalue weighted by Gasteiger charge is 2.43. The summed E-state index contributed by atoms with van der Waals surface area (Å²) < 4.78 is 5.43. The molecule has 0 bridgehead atoms. The Labute approximate surface area is 93.4 Å². The lowest BCUT2D eigenvalue weighted by Gasteiger charge is -2.15. The van der Waals surface area contributed by atoms with Crippen molar-refractivity contribution < 1.29 is 19.2 Å². The van der Waals surface area contributed by atoms with Crippen LogP contribution in [0.25, 0.3) is 0 Å². The maximum Gasteiger partial charge on any atom is 0.272 e. The Morgan fingerprint density at radius 1 is 1.44 bits per heavy atom. The highest BCUT2D eigenvalue weighted by molar-refractivity contribution is 5.81. The van der Waals surface area contributed by atoms with Gasteiger partial charge in [-0.15, -0.1) is 0 Å². The van der Waals surface area contributed by atoms with E-state index < -0.39 is 12.0 Å². The maximum atomic E-state index is 11.7. The number of carbonyl (C=O) groups is 2. The van der Waals surface area contributed by atoms with Crippen LogP contribution in [0, 0.1) is 11.8 Å². The molecule has 3 unspecified atom stereocenters. The number of hydroxylamine groups is 1. The molecule has 1 saturated heterocycles. The summed E-state index contributed by atoms with van der Waals surface area (Å²) >= 11 is 0. The van der Waals surface area contributed by atoms with Crippen molar-refractivity contribution in [2.45, 2.75) is 25.4 Å². The average Bonchev–Trinajstić information content (AvgIpc) is 2.76. The summed E-state index contributed by atoms with van der Waals surface area (Å²) in [5.74, 6) is -0.119. The number of ether oxygens (including phenoxy) is 1. The summed E-state index contributed by atoms with van der Waals surface area (Å²) in [6.45, 7) is 0.338. The van der Waals surface area contributed by atoms with E-state index in [1.807, 2.05) is 0 Å². The van der Waals surface area contributed by atoms with Gasteiger partial charge in [0.15, 0.2) is 6.61 Å². The van der Waals surface area contributed by atoms with Gasteiger partial charge in [0.1, 0.15) is 6.10 Å². The molecule has 1 aliphatic carbocycles. The predicted molar refractivity (Wildman–Crippen MR) is 53.9 cm³/mol. The van der Waals surface area contributed by atoms with Crippen molar-refractivity contribution in [2.75, 3.05) is 13.2 Å². The summed E-state index contributed by atoms with van der Waals surface area (Å²) in [6.07, 6.45) is 2.89. The van der Waals surface area contributed by atoms with Crippen LogP contribution in [0.15, 0.2) is 0 Å². The fourth-order valence-electron chi connectivity index (χ4n) is 2.53. The van der Waals surface area contributed by atoms with E-state index in [2.05, 4.69) is 10.3 Å². The molecule has 1 saturated carbocycles. The third kappa shape index (κ3) is 2.33. The molecule has 90 valence electrons. The van der Waals surface area contributed by atoms with Gasteiger partial charge in [0.25, 0.3) is 5.91 Å². The molecule has 1 aliphatic heterocycles. The summed E-state index contributed by atoms with van der Waals surface area (Å²) in [6, 6.07) is 0. The fourth-order valence-corrected chi connectivity index (χ4v) is 2.53. The van der Waals surface area contributed by atoms with Gasteiger partial charge >= 0.3 is 0 Å². The average molecular weight is 228 g/mol. The number of nitrogens with two attached hydrogens (primary N) is 1. The molecule has 0 aromatic carbocycles. The molecule has 0 spiro atoms. The lowest BCUT2D eigenvalue weighted by atomic mass is 9.94. The number of carbonyl (C=O) groups excluding carboxylic acids is 2.